The van der Waals surface area contributed by atoms with Crippen LogP contribution in [0, 0.1) is 17.0 Å². The molecule has 1 aromatic carbocycles. The first kappa shape index (κ1) is 11.1. The van der Waals surface area contributed by atoms with E-state index in [9.17, 15) is 10.1 Å². The minimum Gasteiger partial charge on any atom is -0.432 e. The minimum atomic E-state index is -0.483. The molecule has 0 aliphatic rings. The van der Waals surface area contributed by atoms with Crippen LogP contribution < -0.4 is 4.74 Å². The molecule has 2 rings (SSSR count). The van der Waals surface area contributed by atoms with Crippen LogP contribution in [0.25, 0.3) is 0 Å². The smallest absolute Gasteiger partial charge is 0.311 e. The van der Waals surface area contributed by atoms with Gasteiger partial charge in [0.1, 0.15) is 0 Å². The van der Waals surface area contributed by atoms with Crippen molar-refractivity contribution in [2.24, 2.45) is 0 Å². The SMILES string of the molecule is Cc1ccc(Oc2ccccc2[N+](=O)[O-])nc1. The fraction of sp³-hybridized carbons (Fsp3) is 0.0833. The number of nitro benzene ring substituents is 1. The van der Waals surface area contributed by atoms with Gasteiger partial charge in [0.15, 0.2) is 0 Å². The molecule has 86 valence electrons. The average molecular weight is 230 g/mol. The first-order valence-corrected chi connectivity index (χ1v) is 5.01. The number of aromatic nitrogens is 1. The second-order valence-corrected chi connectivity index (χ2v) is 3.50. The number of nitro groups is 1. The van der Waals surface area contributed by atoms with Gasteiger partial charge < -0.3 is 4.74 Å². The molecule has 0 spiro atoms. The maximum Gasteiger partial charge on any atom is 0.311 e. The normalized spacial score (nSPS) is 9.94. The maximum absolute atomic E-state index is 10.8. The van der Waals surface area contributed by atoms with E-state index in [1.54, 1.807) is 30.5 Å². The standard InChI is InChI=1S/C12H10N2O3/c1-9-6-7-12(13-8-9)17-11-5-3-2-4-10(11)14(15)16/h2-8H,1H3. The zero-order chi connectivity index (χ0) is 12.3. The van der Waals surface area contributed by atoms with Crippen LogP contribution in [0.4, 0.5) is 5.69 Å². The Morgan fingerprint density at radius 3 is 2.65 bits per heavy atom. The number of pyridine rings is 1. The Balaban J connectivity index is 2.30. The summed E-state index contributed by atoms with van der Waals surface area (Å²) in [5, 5.41) is 10.8. The fourth-order valence-electron chi connectivity index (χ4n) is 1.32. The molecule has 0 unspecified atom stereocenters. The third kappa shape index (κ3) is 2.57. The van der Waals surface area contributed by atoms with E-state index in [1.807, 2.05) is 13.0 Å². The summed E-state index contributed by atoms with van der Waals surface area (Å²) in [7, 11) is 0. The molecule has 2 aromatic rings. The van der Waals surface area contributed by atoms with Gasteiger partial charge in [-0.25, -0.2) is 4.98 Å². The highest BCUT2D eigenvalue weighted by Crippen LogP contribution is 2.29. The van der Waals surface area contributed by atoms with E-state index in [1.165, 1.54) is 6.07 Å². The van der Waals surface area contributed by atoms with Gasteiger partial charge in [-0.1, -0.05) is 18.2 Å². The summed E-state index contributed by atoms with van der Waals surface area (Å²) < 4.78 is 5.37. The lowest BCUT2D eigenvalue weighted by Crippen LogP contribution is -1.94. The first-order valence-electron chi connectivity index (χ1n) is 5.01. The molecule has 0 amide bonds. The van der Waals surface area contributed by atoms with Crippen LogP contribution in [0.1, 0.15) is 5.56 Å². The second-order valence-electron chi connectivity index (χ2n) is 3.50. The van der Waals surface area contributed by atoms with Gasteiger partial charge in [0, 0.05) is 18.3 Å². The van der Waals surface area contributed by atoms with Crippen molar-refractivity contribution in [3.05, 3.63) is 58.3 Å². The zero-order valence-electron chi connectivity index (χ0n) is 9.16. The third-order valence-electron chi connectivity index (χ3n) is 2.16. The summed E-state index contributed by atoms with van der Waals surface area (Å²) >= 11 is 0. The van der Waals surface area contributed by atoms with Crippen molar-refractivity contribution in [2.45, 2.75) is 6.92 Å². The first-order chi connectivity index (χ1) is 8.16. The average Bonchev–Trinajstić information content (AvgIpc) is 2.32. The van der Waals surface area contributed by atoms with Gasteiger partial charge >= 0.3 is 5.69 Å². The summed E-state index contributed by atoms with van der Waals surface area (Å²) in [5.41, 5.74) is 0.926. The van der Waals surface area contributed by atoms with Crippen molar-refractivity contribution in [3.8, 4) is 11.6 Å². The van der Waals surface area contributed by atoms with Crippen LogP contribution in [0.15, 0.2) is 42.6 Å². The van der Waals surface area contributed by atoms with E-state index >= 15 is 0 Å². The van der Waals surface area contributed by atoms with Crippen LogP contribution in [0.2, 0.25) is 0 Å². The molecule has 0 saturated heterocycles. The van der Waals surface area contributed by atoms with Gasteiger partial charge in [-0.15, -0.1) is 0 Å². The number of rotatable bonds is 3. The Kier molecular flexibility index (Phi) is 3.00. The highest BCUT2D eigenvalue weighted by atomic mass is 16.6. The lowest BCUT2D eigenvalue weighted by atomic mass is 10.3. The number of ether oxygens (including phenoxy) is 1. The van der Waals surface area contributed by atoms with E-state index in [-0.39, 0.29) is 11.4 Å². The molecule has 0 N–H and O–H groups in total. The number of hydrogen-bond acceptors (Lipinski definition) is 4. The Hall–Kier alpha value is -2.43. The van der Waals surface area contributed by atoms with Crippen LogP contribution in [0.5, 0.6) is 11.6 Å². The Morgan fingerprint density at radius 2 is 2.00 bits per heavy atom. The molecule has 0 atom stereocenters. The minimum absolute atomic E-state index is 0.0742. The third-order valence-corrected chi connectivity index (χ3v) is 2.16. The van der Waals surface area contributed by atoms with Crippen LogP contribution >= 0.6 is 0 Å². The summed E-state index contributed by atoms with van der Waals surface area (Å²) in [5.74, 6) is 0.527. The molecule has 0 aliphatic carbocycles. The zero-order valence-corrected chi connectivity index (χ0v) is 9.16. The van der Waals surface area contributed by atoms with Gasteiger partial charge in [-0.2, -0.15) is 0 Å². The summed E-state index contributed by atoms with van der Waals surface area (Å²) in [6.07, 6.45) is 1.64. The lowest BCUT2D eigenvalue weighted by Gasteiger charge is -2.04. The van der Waals surface area contributed by atoms with Crippen LogP contribution in [-0.4, -0.2) is 9.91 Å². The van der Waals surface area contributed by atoms with Crippen molar-refractivity contribution >= 4 is 5.69 Å². The van der Waals surface area contributed by atoms with E-state index in [4.69, 9.17) is 4.74 Å². The summed E-state index contributed by atoms with van der Waals surface area (Å²) in [6, 6.07) is 9.70. The van der Waals surface area contributed by atoms with Crippen molar-refractivity contribution in [1.29, 1.82) is 0 Å². The molecule has 0 bridgehead atoms. The van der Waals surface area contributed by atoms with E-state index < -0.39 is 4.92 Å². The Morgan fingerprint density at radius 1 is 1.24 bits per heavy atom. The predicted octanol–water partition coefficient (Wildman–Crippen LogP) is 3.09. The molecule has 5 nitrogen and oxygen atoms in total. The van der Waals surface area contributed by atoms with Crippen molar-refractivity contribution in [3.63, 3.8) is 0 Å². The molecule has 0 aliphatic heterocycles. The number of hydrogen-bond donors (Lipinski definition) is 0. The molecule has 0 saturated carbocycles. The van der Waals surface area contributed by atoms with Gasteiger partial charge in [0.2, 0.25) is 11.6 Å². The molecular weight excluding hydrogens is 220 g/mol. The molecule has 0 fully saturated rings. The summed E-state index contributed by atoms with van der Waals surface area (Å²) in [4.78, 5) is 14.3. The molecular formula is C12H10N2O3. The largest absolute Gasteiger partial charge is 0.432 e. The highest BCUT2D eigenvalue weighted by molar-refractivity contribution is 5.47. The van der Waals surface area contributed by atoms with Gasteiger partial charge in [0.25, 0.3) is 0 Å². The van der Waals surface area contributed by atoms with Crippen molar-refractivity contribution < 1.29 is 9.66 Å². The van der Waals surface area contributed by atoms with Crippen molar-refractivity contribution in [1.82, 2.24) is 4.98 Å². The molecule has 1 aromatic heterocycles. The van der Waals surface area contributed by atoms with Gasteiger partial charge in [-0.3, -0.25) is 10.1 Å². The second kappa shape index (κ2) is 4.61. The Labute approximate surface area is 97.8 Å². The van der Waals surface area contributed by atoms with Crippen molar-refractivity contribution in [2.75, 3.05) is 0 Å². The monoisotopic (exact) mass is 230 g/mol. The van der Waals surface area contributed by atoms with Gasteiger partial charge in [-0.05, 0) is 18.6 Å². The quantitative estimate of drug-likeness (QED) is 0.600. The van der Waals surface area contributed by atoms with Gasteiger partial charge in [0.05, 0.1) is 4.92 Å². The Bertz CT molecular complexity index is 538. The highest BCUT2D eigenvalue weighted by Gasteiger charge is 2.14. The lowest BCUT2D eigenvalue weighted by molar-refractivity contribution is -0.385. The molecule has 1 heterocycles. The van der Waals surface area contributed by atoms with E-state index in [0.29, 0.717) is 5.88 Å². The topological polar surface area (TPSA) is 65.3 Å². The number of nitrogens with zero attached hydrogens (tertiary/aromatic N) is 2. The number of benzene rings is 1. The number of para-hydroxylation sites is 2. The van der Waals surface area contributed by atoms with E-state index in [2.05, 4.69) is 4.98 Å². The van der Waals surface area contributed by atoms with Crippen LogP contribution in [-0.2, 0) is 0 Å². The van der Waals surface area contributed by atoms with Crippen LogP contribution in [0.3, 0.4) is 0 Å². The predicted molar refractivity (Wildman–Crippen MR) is 62.1 cm³/mol. The number of aryl methyl sites for hydroxylation is 1. The molecule has 0 radical (unpaired) electrons. The molecule has 17 heavy (non-hydrogen) atoms. The van der Waals surface area contributed by atoms with E-state index in [0.717, 1.165) is 5.56 Å². The summed E-state index contributed by atoms with van der Waals surface area (Å²) in [6.45, 7) is 1.90. The maximum atomic E-state index is 10.8. The molecule has 5 heteroatoms. The fourth-order valence-corrected chi connectivity index (χ4v) is 1.32.